The maximum absolute atomic E-state index is 11.3. The van der Waals surface area contributed by atoms with E-state index in [9.17, 15) is 9.59 Å². The normalized spacial score (nSPS) is 11.0. The van der Waals surface area contributed by atoms with Crippen LogP contribution in [0.5, 0.6) is 5.75 Å². The number of hydrazone groups is 1. The van der Waals surface area contributed by atoms with Crippen molar-refractivity contribution in [3.63, 3.8) is 0 Å². The van der Waals surface area contributed by atoms with Crippen molar-refractivity contribution in [3.05, 3.63) is 29.8 Å². The molecule has 0 bridgehead atoms. The van der Waals surface area contributed by atoms with Gasteiger partial charge in [-0.3, -0.25) is 4.79 Å². The van der Waals surface area contributed by atoms with Crippen molar-refractivity contribution in [2.75, 3.05) is 19.5 Å². The van der Waals surface area contributed by atoms with Gasteiger partial charge >= 0.3 is 12.1 Å². The monoisotopic (exact) mass is 340 g/mol. The second-order valence-corrected chi connectivity index (χ2v) is 5.52. The summed E-state index contributed by atoms with van der Waals surface area (Å²) in [7, 11) is 1.59. The quantitative estimate of drug-likeness (QED) is 0.327. The van der Waals surface area contributed by atoms with Crippen LogP contribution in [0.25, 0.3) is 0 Å². The molecule has 0 aliphatic rings. The van der Waals surface area contributed by atoms with Gasteiger partial charge in [-0.1, -0.05) is 12.1 Å². The molecular weight excluding hydrogens is 320 g/mol. The Labute approximate surface area is 139 Å². The van der Waals surface area contributed by atoms with Crippen LogP contribution in [0.4, 0.5) is 4.79 Å². The average Bonchev–Trinajstić information content (AvgIpc) is 2.53. The summed E-state index contributed by atoms with van der Waals surface area (Å²) >= 11 is 1.31. The molecule has 0 heterocycles. The molecule has 0 aromatic heterocycles. The van der Waals surface area contributed by atoms with Crippen molar-refractivity contribution < 1.29 is 24.2 Å². The number of esters is 1. The molecular formula is C15H20N2O5S. The van der Waals surface area contributed by atoms with Crippen molar-refractivity contribution in [1.29, 1.82) is 0 Å². The molecule has 0 fully saturated rings. The zero-order valence-electron chi connectivity index (χ0n) is 13.1. The van der Waals surface area contributed by atoms with Crippen LogP contribution in [-0.4, -0.2) is 41.7 Å². The minimum Gasteiger partial charge on any atom is -0.497 e. The Morgan fingerprint density at radius 1 is 1.30 bits per heavy atom. The van der Waals surface area contributed by atoms with E-state index in [-0.39, 0.29) is 12.4 Å². The standard InChI is InChI=1S/C15H20N2O5S/c1-3-22-14(18)8-9-23-13(16-17-15(19)20)10-11-4-6-12(21-2)7-5-11/h4-7,17H,3,8-10H2,1-2H3,(H,19,20)/b16-13-. The van der Waals surface area contributed by atoms with Crippen molar-refractivity contribution in [2.45, 2.75) is 19.8 Å². The largest absolute Gasteiger partial charge is 0.497 e. The van der Waals surface area contributed by atoms with Crippen molar-refractivity contribution >= 4 is 28.9 Å². The molecule has 0 saturated carbocycles. The molecule has 1 amide bonds. The molecule has 1 aromatic carbocycles. The van der Waals surface area contributed by atoms with Gasteiger partial charge in [0, 0.05) is 12.2 Å². The van der Waals surface area contributed by atoms with Crippen LogP contribution < -0.4 is 10.2 Å². The van der Waals surface area contributed by atoms with E-state index in [1.807, 2.05) is 29.7 Å². The number of rotatable bonds is 8. The number of methoxy groups -OCH3 is 1. The number of carbonyl (C=O) groups is 2. The summed E-state index contributed by atoms with van der Waals surface area (Å²) in [5.41, 5.74) is 2.95. The molecule has 0 aliphatic heterocycles. The van der Waals surface area contributed by atoms with Gasteiger partial charge in [-0.05, 0) is 24.6 Å². The first-order valence-corrected chi connectivity index (χ1v) is 8.00. The van der Waals surface area contributed by atoms with E-state index >= 15 is 0 Å². The number of nitrogens with one attached hydrogen (secondary N) is 1. The number of carboxylic acid groups (broad SMARTS) is 1. The summed E-state index contributed by atoms with van der Waals surface area (Å²) in [6, 6.07) is 7.39. The highest BCUT2D eigenvalue weighted by atomic mass is 32.2. The molecule has 8 heteroatoms. The van der Waals surface area contributed by atoms with Gasteiger partial charge in [0.2, 0.25) is 0 Å². The zero-order valence-corrected chi connectivity index (χ0v) is 13.9. The molecule has 0 aliphatic carbocycles. The first kappa shape index (κ1) is 18.8. The number of hydrogen-bond donors (Lipinski definition) is 2. The number of thioether (sulfide) groups is 1. The van der Waals surface area contributed by atoms with Crippen molar-refractivity contribution in [2.24, 2.45) is 5.10 Å². The van der Waals surface area contributed by atoms with Crippen LogP contribution in [-0.2, 0) is 16.0 Å². The first-order chi connectivity index (χ1) is 11.0. The lowest BCUT2D eigenvalue weighted by atomic mass is 10.1. The molecule has 126 valence electrons. The van der Waals surface area contributed by atoms with E-state index in [0.29, 0.717) is 23.8 Å². The van der Waals surface area contributed by atoms with Crippen LogP contribution in [0.1, 0.15) is 18.9 Å². The van der Waals surface area contributed by atoms with Gasteiger partial charge in [-0.2, -0.15) is 5.10 Å². The Kier molecular flexibility index (Phi) is 8.59. The second kappa shape index (κ2) is 10.5. The Morgan fingerprint density at radius 2 is 2.00 bits per heavy atom. The highest BCUT2D eigenvalue weighted by Gasteiger charge is 2.08. The highest BCUT2D eigenvalue weighted by Crippen LogP contribution is 2.16. The predicted octanol–water partition coefficient (Wildman–Crippen LogP) is 2.51. The summed E-state index contributed by atoms with van der Waals surface area (Å²) in [5, 5.41) is 13.1. The molecule has 0 unspecified atom stereocenters. The lowest BCUT2D eigenvalue weighted by molar-refractivity contribution is -0.142. The van der Waals surface area contributed by atoms with E-state index in [1.165, 1.54) is 11.8 Å². The van der Waals surface area contributed by atoms with Crippen molar-refractivity contribution in [3.8, 4) is 5.75 Å². The first-order valence-electron chi connectivity index (χ1n) is 7.02. The Hall–Kier alpha value is -2.22. The van der Waals surface area contributed by atoms with Gasteiger partial charge in [0.25, 0.3) is 0 Å². The van der Waals surface area contributed by atoms with Crippen LogP contribution in [0, 0.1) is 0 Å². The summed E-state index contributed by atoms with van der Waals surface area (Å²) in [4.78, 5) is 21.9. The van der Waals surface area contributed by atoms with E-state index < -0.39 is 6.09 Å². The molecule has 0 saturated heterocycles. The number of amides is 1. The number of benzene rings is 1. The molecule has 0 atom stereocenters. The molecule has 0 radical (unpaired) electrons. The predicted molar refractivity (Wildman–Crippen MR) is 89.0 cm³/mol. The number of carbonyl (C=O) groups excluding carboxylic acids is 1. The maximum Gasteiger partial charge on any atom is 0.425 e. The van der Waals surface area contributed by atoms with E-state index in [0.717, 1.165) is 11.3 Å². The van der Waals surface area contributed by atoms with E-state index in [4.69, 9.17) is 14.6 Å². The number of hydrogen-bond acceptors (Lipinski definition) is 6. The third-order valence-corrected chi connectivity index (χ3v) is 3.65. The van der Waals surface area contributed by atoms with Gasteiger partial charge in [-0.15, -0.1) is 11.8 Å². The molecule has 1 rings (SSSR count). The summed E-state index contributed by atoms with van der Waals surface area (Å²) in [5.74, 6) is 0.927. The van der Waals surface area contributed by atoms with Gasteiger partial charge in [0.1, 0.15) is 5.75 Å². The fourth-order valence-electron chi connectivity index (χ4n) is 1.64. The molecule has 23 heavy (non-hydrogen) atoms. The van der Waals surface area contributed by atoms with Gasteiger partial charge in [0.05, 0.1) is 25.2 Å². The topological polar surface area (TPSA) is 97.2 Å². The fourth-order valence-corrected chi connectivity index (χ4v) is 2.52. The molecule has 2 N–H and O–H groups in total. The van der Waals surface area contributed by atoms with E-state index in [1.54, 1.807) is 14.0 Å². The van der Waals surface area contributed by atoms with Crippen molar-refractivity contribution in [1.82, 2.24) is 5.43 Å². The molecule has 0 spiro atoms. The van der Waals surface area contributed by atoms with Crippen LogP contribution in [0.15, 0.2) is 29.4 Å². The average molecular weight is 340 g/mol. The van der Waals surface area contributed by atoms with Gasteiger partial charge in [-0.25, -0.2) is 10.2 Å². The Balaban J connectivity index is 2.62. The van der Waals surface area contributed by atoms with Gasteiger partial charge < -0.3 is 14.6 Å². The Bertz CT molecular complexity index is 545. The second-order valence-electron chi connectivity index (χ2n) is 4.35. The van der Waals surface area contributed by atoms with Crippen LogP contribution in [0.2, 0.25) is 0 Å². The lowest BCUT2D eigenvalue weighted by Crippen LogP contribution is -2.17. The van der Waals surface area contributed by atoms with Crippen LogP contribution in [0.3, 0.4) is 0 Å². The summed E-state index contributed by atoms with van der Waals surface area (Å²) < 4.78 is 9.94. The number of ether oxygens (including phenoxy) is 2. The smallest absolute Gasteiger partial charge is 0.425 e. The fraction of sp³-hybridized carbons (Fsp3) is 0.400. The minimum absolute atomic E-state index is 0.243. The summed E-state index contributed by atoms with van der Waals surface area (Å²) in [6.07, 6.45) is -0.534. The van der Waals surface area contributed by atoms with Gasteiger partial charge in [0.15, 0.2) is 0 Å². The summed E-state index contributed by atoms with van der Waals surface area (Å²) in [6.45, 7) is 2.09. The minimum atomic E-state index is -1.23. The SMILES string of the molecule is CCOC(=O)CCS/C(Cc1ccc(OC)cc1)=N\NC(=O)O. The maximum atomic E-state index is 11.3. The number of nitrogens with zero attached hydrogens (tertiary/aromatic N) is 1. The third-order valence-electron chi connectivity index (χ3n) is 2.67. The Morgan fingerprint density at radius 3 is 2.57 bits per heavy atom. The highest BCUT2D eigenvalue weighted by molar-refractivity contribution is 8.13. The zero-order chi connectivity index (χ0) is 17.1. The lowest BCUT2D eigenvalue weighted by Gasteiger charge is -2.07. The third kappa shape index (κ3) is 8.10. The molecule has 1 aromatic rings. The molecule has 7 nitrogen and oxygen atoms in total. The van der Waals surface area contributed by atoms with Crippen LogP contribution >= 0.6 is 11.8 Å². The van der Waals surface area contributed by atoms with E-state index in [2.05, 4.69) is 5.10 Å².